The van der Waals surface area contributed by atoms with Gasteiger partial charge in [0.2, 0.25) is 5.12 Å². The van der Waals surface area contributed by atoms with Crippen LogP contribution in [0.3, 0.4) is 0 Å². The maximum Gasteiger partial charge on any atom is 0.253 e. The largest absolute Gasteiger partial charge is 0.350 e. The Labute approximate surface area is 234 Å². The third-order valence-electron chi connectivity index (χ3n) is 6.19. The zero-order valence-corrected chi connectivity index (χ0v) is 22.9. The maximum atomic E-state index is 13.1. The van der Waals surface area contributed by atoms with Crippen LogP contribution in [0.2, 0.25) is 5.02 Å². The third kappa shape index (κ3) is 5.48. The minimum atomic E-state index is -3.54. The molecule has 0 radical (unpaired) electrons. The fourth-order valence-electron chi connectivity index (χ4n) is 4.36. The predicted molar refractivity (Wildman–Crippen MR) is 151 cm³/mol. The number of carbonyl (C=O) groups is 2. The molecular formula is C25H22ClN5O4S3. The lowest BCUT2D eigenvalue weighted by atomic mass is 9.95. The summed E-state index contributed by atoms with van der Waals surface area (Å²) < 4.78 is 26.1. The summed E-state index contributed by atoms with van der Waals surface area (Å²) >= 11 is 13.0. The van der Waals surface area contributed by atoms with E-state index in [2.05, 4.69) is 26.5 Å². The lowest BCUT2D eigenvalue weighted by molar-refractivity contribution is -0.112. The van der Waals surface area contributed by atoms with Crippen molar-refractivity contribution in [3.8, 4) is 0 Å². The van der Waals surface area contributed by atoms with Gasteiger partial charge in [-0.3, -0.25) is 20.4 Å². The standard InChI is InChI=1S/C25H22ClN5O4S3/c26-18-11-15(23(32)28-19-9-10-37-24(19)33)12-27-22(18)30-31-25(36)29-21-16-6-2-1-5-14(16)13-38(34,35)20-8-4-3-7-17(20)21/h1-8,11-12,19,21H,9-10,13H2,(H,27,30)(H,28,32)(H2,29,31,36)/t19-,21?/m1/s1. The fraction of sp³-hybridized carbons (Fsp3) is 0.200. The molecule has 2 aliphatic heterocycles. The molecule has 38 heavy (non-hydrogen) atoms. The van der Waals surface area contributed by atoms with E-state index in [1.165, 1.54) is 24.0 Å². The van der Waals surface area contributed by atoms with Crippen molar-refractivity contribution in [2.45, 2.75) is 29.2 Å². The Morgan fingerprint density at radius 2 is 1.82 bits per heavy atom. The number of rotatable bonds is 5. The number of hydrogen-bond donors (Lipinski definition) is 4. The summed E-state index contributed by atoms with van der Waals surface area (Å²) in [4.78, 5) is 28.7. The van der Waals surface area contributed by atoms with E-state index in [9.17, 15) is 18.0 Å². The number of nitrogens with zero attached hydrogens (tertiary/aromatic N) is 1. The van der Waals surface area contributed by atoms with Gasteiger partial charge in [-0.15, -0.1) is 0 Å². The number of thioether (sulfide) groups is 1. The first-order valence-electron chi connectivity index (χ1n) is 11.6. The van der Waals surface area contributed by atoms with E-state index in [4.69, 9.17) is 23.8 Å². The number of aromatic nitrogens is 1. The monoisotopic (exact) mass is 587 g/mol. The van der Waals surface area contributed by atoms with Gasteiger partial charge in [-0.1, -0.05) is 65.8 Å². The Balaban J connectivity index is 1.30. The number of amides is 1. The molecule has 1 saturated heterocycles. The molecule has 0 aliphatic carbocycles. The molecule has 9 nitrogen and oxygen atoms in total. The van der Waals surface area contributed by atoms with Crippen molar-refractivity contribution in [1.82, 2.24) is 21.0 Å². The first kappa shape index (κ1) is 26.4. The maximum absolute atomic E-state index is 13.1. The average molecular weight is 588 g/mol. The molecule has 13 heteroatoms. The summed E-state index contributed by atoms with van der Waals surface area (Å²) in [7, 11) is -3.54. The number of hydrazine groups is 1. The fourth-order valence-corrected chi connectivity index (χ4v) is 7.33. The van der Waals surface area contributed by atoms with Gasteiger partial charge in [-0.05, 0) is 47.5 Å². The van der Waals surface area contributed by atoms with Gasteiger partial charge in [-0.25, -0.2) is 13.4 Å². The highest BCUT2D eigenvalue weighted by molar-refractivity contribution is 8.14. The number of hydrogen-bond acceptors (Lipinski definition) is 8. The van der Waals surface area contributed by atoms with Crippen molar-refractivity contribution in [3.05, 3.63) is 88.1 Å². The van der Waals surface area contributed by atoms with Crippen LogP contribution in [0.1, 0.15) is 39.5 Å². The molecule has 0 spiro atoms. The molecule has 4 N–H and O–H groups in total. The van der Waals surface area contributed by atoms with E-state index in [1.807, 2.05) is 18.2 Å². The number of anilines is 1. The molecular weight excluding hydrogens is 566 g/mol. The van der Waals surface area contributed by atoms with Crippen molar-refractivity contribution >= 4 is 67.4 Å². The van der Waals surface area contributed by atoms with Crippen LogP contribution in [0, 0.1) is 0 Å². The van der Waals surface area contributed by atoms with Gasteiger partial charge >= 0.3 is 0 Å². The zero-order chi connectivity index (χ0) is 26.9. The number of thiocarbonyl (C=S) groups is 1. The lowest BCUT2D eigenvalue weighted by Gasteiger charge is -2.23. The third-order valence-corrected chi connectivity index (χ3v) is 9.44. The Bertz CT molecular complexity index is 1550. The molecule has 2 aliphatic rings. The van der Waals surface area contributed by atoms with Gasteiger partial charge in [0.05, 0.1) is 33.3 Å². The SMILES string of the molecule is O=C(N[C@@H]1CCSC1=O)c1cnc(NNC(=S)NC2c3ccccc3CS(=O)(=O)c3ccccc32)c(Cl)c1. The van der Waals surface area contributed by atoms with Crippen LogP contribution in [-0.2, 0) is 20.4 Å². The first-order valence-corrected chi connectivity index (χ1v) is 15.0. The van der Waals surface area contributed by atoms with Gasteiger partial charge in [0.1, 0.15) is 0 Å². The molecule has 0 bridgehead atoms. The molecule has 0 saturated carbocycles. The van der Waals surface area contributed by atoms with Crippen molar-refractivity contribution in [2.24, 2.45) is 0 Å². The Morgan fingerprint density at radius 3 is 2.55 bits per heavy atom. The van der Waals surface area contributed by atoms with Gasteiger partial charge in [0, 0.05) is 11.9 Å². The molecule has 2 atom stereocenters. The van der Waals surface area contributed by atoms with E-state index < -0.39 is 27.8 Å². The van der Waals surface area contributed by atoms with Crippen molar-refractivity contribution in [2.75, 3.05) is 11.2 Å². The van der Waals surface area contributed by atoms with Crippen LogP contribution < -0.4 is 21.5 Å². The van der Waals surface area contributed by atoms with Crippen LogP contribution in [0.25, 0.3) is 0 Å². The van der Waals surface area contributed by atoms with Crippen LogP contribution in [0.5, 0.6) is 0 Å². The first-order chi connectivity index (χ1) is 18.2. The second kappa shape index (κ2) is 10.9. The molecule has 1 fully saturated rings. The molecule has 3 heterocycles. The summed E-state index contributed by atoms with van der Waals surface area (Å²) in [6.07, 6.45) is 1.93. The van der Waals surface area contributed by atoms with E-state index >= 15 is 0 Å². The normalized spacial score (nSPS) is 19.4. The zero-order valence-electron chi connectivity index (χ0n) is 19.7. The van der Waals surface area contributed by atoms with Gasteiger partial charge in [-0.2, -0.15) is 0 Å². The van der Waals surface area contributed by atoms with Crippen LogP contribution >= 0.6 is 35.6 Å². The topological polar surface area (TPSA) is 129 Å². The van der Waals surface area contributed by atoms with Crippen LogP contribution in [0.4, 0.5) is 5.82 Å². The Kier molecular flexibility index (Phi) is 7.57. The highest BCUT2D eigenvalue weighted by Crippen LogP contribution is 2.36. The smallest absolute Gasteiger partial charge is 0.253 e. The van der Waals surface area contributed by atoms with Crippen molar-refractivity contribution in [1.29, 1.82) is 0 Å². The average Bonchev–Trinajstić information content (AvgIpc) is 3.26. The van der Waals surface area contributed by atoms with E-state index in [0.29, 0.717) is 23.3 Å². The molecule has 5 rings (SSSR count). The van der Waals surface area contributed by atoms with Gasteiger partial charge in [0.25, 0.3) is 5.91 Å². The van der Waals surface area contributed by atoms with E-state index in [-0.39, 0.29) is 37.3 Å². The second-order valence-electron chi connectivity index (χ2n) is 8.69. The molecule has 2 aromatic carbocycles. The molecule has 1 aromatic heterocycles. The highest BCUT2D eigenvalue weighted by atomic mass is 35.5. The number of pyridine rings is 1. The van der Waals surface area contributed by atoms with Crippen LogP contribution in [0.15, 0.2) is 65.7 Å². The van der Waals surface area contributed by atoms with Gasteiger partial charge < -0.3 is 10.6 Å². The summed E-state index contributed by atoms with van der Waals surface area (Å²) in [6, 6.07) is 14.6. The second-order valence-corrected chi connectivity index (χ2v) is 12.6. The van der Waals surface area contributed by atoms with Crippen molar-refractivity contribution in [3.63, 3.8) is 0 Å². The number of nitrogens with one attached hydrogen (secondary N) is 4. The summed E-state index contributed by atoms with van der Waals surface area (Å²) in [6.45, 7) is 0. The number of halogens is 1. The number of fused-ring (bicyclic) bond motifs is 2. The Morgan fingerprint density at radius 1 is 1.08 bits per heavy atom. The van der Waals surface area contributed by atoms with Gasteiger partial charge in [0.15, 0.2) is 20.8 Å². The van der Waals surface area contributed by atoms with E-state index in [0.717, 1.165) is 5.56 Å². The summed E-state index contributed by atoms with van der Waals surface area (Å²) in [5, 5.41) is 6.18. The highest BCUT2D eigenvalue weighted by Gasteiger charge is 2.31. The van der Waals surface area contributed by atoms with E-state index in [1.54, 1.807) is 30.3 Å². The molecule has 1 amide bonds. The minimum absolute atomic E-state index is 0.0579. The lowest BCUT2D eigenvalue weighted by Crippen LogP contribution is -2.41. The number of benzene rings is 2. The summed E-state index contributed by atoms with van der Waals surface area (Å²) in [5.74, 6) is 0.366. The van der Waals surface area contributed by atoms with Crippen molar-refractivity contribution < 1.29 is 18.0 Å². The Hall–Kier alpha value is -3.19. The minimum Gasteiger partial charge on any atom is -0.350 e. The molecule has 196 valence electrons. The number of carbonyl (C=O) groups excluding carboxylic acids is 2. The summed E-state index contributed by atoms with van der Waals surface area (Å²) in [5.41, 5.74) is 7.95. The quantitative estimate of drug-likeness (QED) is 0.260. The number of sulfone groups is 1. The molecule has 3 aromatic rings. The van der Waals surface area contributed by atoms with Crippen LogP contribution in [-0.4, -0.2) is 41.3 Å². The molecule has 1 unspecified atom stereocenters. The predicted octanol–water partition coefficient (Wildman–Crippen LogP) is 3.36.